The fourth-order valence-electron chi connectivity index (χ4n) is 3.30. The molecule has 4 aromatic rings. The molecule has 2 aromatic carbocycles. The van der Waals surface area contributed by atoms with E-state index in [0.29, 0.717) is 11.6 Å². The van der Waals surface area contributed by atoms with Crippen LogP contribution in [0.1, 0.15) is 5.56 Å². The molecule has 0 aliphatic carbocycles. The zero-order valence-electron chi connectivity index (χ0n) is 15.6. The zero-order valence-corrected chi connectivity index (χ0v) is 15.6. The number of hydrogen-bond donors (Lipinski definition) is 0. The highest BCUT2D eigenvalue weighted by molar-refractivity contribution is 5.72. The summed E-state index contributed by atoms with van der Waals surface area (Å²) < 4.78 is 44.6. The Morgan fingerprint density at radius 3 is 2.50 bits per heavy atom. The molecule has 2 heterocycles. The lowest BCUT2D eigenvalue weighted by molar-refractivity contribution is 0.573. The maximum atomic E-state index is 14.5. The van der Waals surface area contributed by atoms with Crippen LogP contribution in [0.5, 0.6) is 0 Å². The average molecular weight is 412 g/mol. The van der Waals surface area contributed by atoms with E-state index in [9.17, 15) is 22.8 Å². The number of fused-ring (bicyclic) bond motifs is 1. The Kier molecular flexibility index (Phi) is 4.86. The van der Waals surface area contributed by atoms with E-state index in [1.54, 1.807) is 6.07 Å². The summed E-state index contributed by atoms with van der Waals surface area (Å²) in [6.45, 7) is 3.52. The Bertz CT molecular complexity index is 1400. The summed E-state index contributed by atoms with van der Waals surface area (Å²) in [5.41, 5.74) is -1.25. The van der Waals surface area contributed by atoms with Gasteiger partial charge in [0.15, 0.2) is 11.2 Å². The summed E-state index contributed by atoms with van der Waals surface area (Å²) in [7, 11) is 0. The zero-order chi connectivity index (χ0) is 21.4. The highest BCUT2D eigenvalue weighted by Gasteiger charge is 2.21. The minimum absolute atomic E-state index is 0.0180. The lowest BCUT2D eigenvalue weighted by atomic mass is 10.2. The molecule has 4 rings (SSSR count). The predicted octanol–water partition coefficient (Wildman–Crippen LogP) is 3.00. The first kappa shape index (κ1) is 19.4. The van der Waals surface area contributed by atoms with E-state index in [1.165, 1.54) is 35.2 Å². The Labute approximate surface area is 167 Å². The van der Waals surface area contributed by atoms with E-state index < -0.39 is 28.7 Å². The quantitative estimate of drug-likeness (QED) is 0.474. The van der Waals surface area contributed by atoms with Crippen LogP contribution in [-0.2, 0) is 13.1 Å². The van der Waals surface area contributed by atoms with Crippen LogP contribution in [0, 0.1) is 17.5 Å². The number of benzene rings is 2. The lowest BCUT2D eigenvalue weighted by Crippen LogP contribution is -2.40. The molecule has 0 amide bonds. The Balaban J connectivity index is 2.03. The molecule has 0 radical (unpaired) electrons. The van der Waals surface area contributed by atoms with Gasteiger partial charge in [0.25, 0.3) is 5.56 Å². The first-order valence-electron chi connectivity index (χ1n) is 8.92. The van der Waals surface area contributed by atoms with Crippen LogP contribution < -0.4 is 11.2 Å². The van der Waals surface area contributed by atoms with E-state index in [4.69, 9.17) is 0 Å². The van der Waals surface area contributed by atoms with Gasteiger partial charge in [0, 0.05) is 19.2 Å². The highest BCUT2D eigenvalue weighted by atomic mass is 19.1. The third-order valence-electron chi connectivity index (χ3n) is 4.60. The average Bonchev–Trinajstić information content (AvgIpc) is 3.10. The van der Waals surface area contributed by atoms with Crippen molar-refractivity contribution in [1.29, 1.82) is 0 Å². The van der Waals surface area contributed by atoms with Crippen LogP contribution in [0.15, 0.2) is 71.0 Å². The fourth-order valence-corrected chi connectivity index (χ4v) is 3.30. The minimum atomic E-state index is -0.984. The molecule has 0 spiro atoms. The van der Waals surface area contributed by atoms with Crippen molar-refractivity contribution >= 4 is 11.2 Å². The minimum Gasteiger partial charge on any atom is -0.320 e. The molecule has 0 atom stereocenters. The van der Waals surface area contributed by atoms with Crippen molar-refractivity contribution in [1.82, 2.24) is 18.7 Å². The maximum absolute atomic E-state index is 14.5. The van der Waals surface area contributed by atoms with Gasteiger partial charge in [-0.2, -0.15) is 0 Å². The summed E-state index contributed by atoms with van der Waals surface area (Å²) in [4.78, 5) is 30.1. The van der Waals surface area contributed by atoms with Gasteiger partial charge in [0.2, 0.25) is 0 Å². The van der Waals surface area contributed by atoms with E-state index in [1.807, 2.05) is 0 Å². The molecule has 0 aliphatic rings. The van der Waals surface area contributed by atoms with Crippen molar-refractivity contribution < 1.29 is 13.2 Å². The molecule has 2 aromatic heterocycles. The van der Waals surface area contributed by atoms with E-state index in [-0.39, 0.29) is 29.9 Å². The van der Waals surface area contributed by atoms with Crippen molar-refractivity contribution in [2.45, 2.75) is 13.1 Å². The summed E-state index contributed by atoms with van der Waals surface area (Å²) in [5.74, 6) is -2.23. The SMILES string of the molecule is C=CCn1c(=O)c2c(ncn2Cc2cccc(F)c2)n(-c2ccc(F)cc2F)c1=O. The van der Waals surface area contributed by atoms with Crippen molar-refractivity contribution in [3.8, 4) is 5.69 Å². The number of imidazole rings is 1. The highest BCUT2D eigenvalue weighted by Crippen LogP contribution is 2.18. The van der Waals surface area contributed by atoms with Gasteiger partial charge in [0.05, 0.1) is 12.0 Å². The van der Waals surface area contributed by atoms with Gasteiger partial charge in [-0.1, -0.05) is 18.2 Å². The number of rotatable bonds is 5. The normalized spacial score (nSPS) is 11.2. The van der Waals surface area contributed by atoms with Crippen LogP contribution in [0.2, 0.25) is 0 Å². The van der Waals surface area contributed by atoms with Gasteiger partial charge in [-0.05, 0) is 29.8 Å². The van der Waals surface area contributed by atoms with Crippen molar-refractivity contribution in [3.05, 3.63) is 105 Å². The van der Waals surface area contributed by atoms with Gasteiger partial charge in [0.1, 0.15) is 17.5 Å². The Morgan fingerprint density at radius 2 is 1.80 bits per heavy atom. The number of aromatic nitrogens is 4. The van der Waals surface area contributed by atoms with Gasteiger partial charge >= 0.3 is 5.69 Å². The monoisotopic (exact) mass is 412 g/mol. The molecule has 0 N–H and O–H groups in total. The second-order valence-corrected chi connectivity index (χ2v) is 6.59. The van der Waals surface area contributed by atoms with Crippen molar-refractivity contribution in [2.75, 3.05) is 0 Å². The molecular weight excluding hydrogens is 397 g/mol. The lowest BCUT2D eigenvalue weighted by Gasteiger charge is -2.12. The summed E-state index contributed by atoms with van der Waals surface area (Å²) in [6, 6.07) is 8.55. The molecule has 0 unspecified atom stereocenters. The number of allylic oxidation sites excluding steroid dienone is 1. The first-order chi connectivity index (χ1) is 14.4. The van der Waals surface area contributed by atoms with Gasteiger partial charge < -0.3 is 4.57 Å². The fraction of sp³-hybridized carbons (Fsp3) is 0.0952. The summed E-state index contributed by atoms with van der Waals surface area (Å²) >= 11 is 0. The predicted molar refractivity (Wildman–Crippen MR) is 105 cm³/mol. The smallest absolute Gasteiger partial charge is 0.320 e. The summed E-state index contributed by atoms with van der Waals surface area (Å²) in [6.07, 6.45) is 2.67. The number of nitrogens with zero attached hydrogens (tertiary/aromatic N) is 4. The molecule has 0 aliphatic heterocycles. The molecule has 30 heavy (non-hydrogen) atoms. The maximum Gasteiger partial charge on any atom is 0.337 e. The standard InChI is InChI=1S/C21H15F3N4O2/c1-2-8-27-20(29)18-19(25-12-26(18)11-13-4-3-5-14(22)9-13)28(21(27)30)17-7-6-15(23)10-16(17)24/h2-7,9-10,12H,1,8,11H2. The van der Waals surface area contributed by atoms with E-state index >= 15 is 0 Å². The van der Waals surface area contributed by atoms with Crippen LogP contribution in [0.4, 0.5) is 13.2 Å². The Hall–Kier alpha value is -3.88. The van der Waals surface area contributed by atoms with Crippen molar-refractivity contribution in [2.24, 2.45) is 0 Å². The van der Waals surface area contributed by atoms with Crippen LogP contribution >= 0.6 is 0 Å². The number of hydrogen-bond acceptors (Lipinski definition) is 3. The third kappa shape index (κ3) is 3.24. The molecule has 0 saturated carbocycles. The first-order valence-corrected chi connectivity index (χ1v) is 8.92. The van der Waals surface area contributed by atoms with Gasteiger partial charge in [-0.3, -0.25) is 9.36 Å². The van der Waals surface area contributed by atoms with E-state index in [0.717, 1.165) is 21.3 Å². The second-order valence-electron chi connectivity index (χ2n) is 6.59. The van der Waals surface area contributed by atoms with Crippen LogP contribution in [0.3, 0.4) is 0 Å². The summed E-state index contributed by atoms with van der Waals surface area (Å²) in [5, 5.41) is 0. The Morgan fingerprint density at radius 1 is 1.03 bits per heavy atom. The topological polar surface area (TPSA) is 61.8 Å². The number of halogens is 3. The van der Waals surface area contributed by atoms with Crippen molar-refractivity contribution in [3.63, 3.8) is 0 Å². The molecule has 0 fully saturated rings. The van der Waals surface area contributed by atoms with Gasteiger partial charge in [-0.15, -0.1) is 6.58 Å². The molecule has 9 heteroatoms. The molecular formula is C21H15F3N4O2. The van der Waals surface area contributed by atoms with Gasteiger partial charge in [-0.25, -0.2) is 27.5 Å². The third-order valence-corrected chi connectivity index (χ3v) is 4.60. The van der Waals surface area contributed by atoms with E-state index in [2.05, 4.69) is 11.6 Å². The van der Waals surface area contributed by atoms with Crippen LogP contribution in [-0.4, -0.2) is 18.7 Å². The second kappa shape index (κ2) is 7.51. The molecule has 6 nitrogen and oxygen atoms in total. The van der Waals surface area contributed by atoms with Crippen LogP contribution in [0.25, 0.3) is 16.9 Å². The largest absolute Gasteiger partial charge is 0.337 e. The molecule has 152 valence electrons. The molecule has 0 bridgehead atoms. The molecule has 0 saturated heterocycles.